The Balaban J connectivity index is 1.93. The molecule has 4 aromatic rings. The number of carbonyl (C=O) groups is 1. The van der Waals surface area contributed by atoms with Crippen molar-refractivity contribution in [2.24, 2.45) is 0 Å². The fraction of sp³-hybridized carbons (Fsp3) is 0.148. The van der Waals surface area contributed by atoms with Crippen LogP contribution in [0.5, 0.6) is 11.5 Å². The number of thiophene rings is 1. The quantitative estimate of drug-likeness (QED) is 0.283. The number of nitrogen functional groups attached to an aromatic ring is 1. The van der Waals surface area contributed by atoms with E-state index in [0.29, 0.717) is 28.3 Å². The van der Waals surface area contributed by atoms with Crippen LogP contribution >= 0.6 is 11.3 Å². The van der Waals surface area contributed by atoms with Crippen molar-refractivity contribution >= 4 is 43.3 Å². The fourth-order valence-electron chi connectivity index (χ4n) is 3.92. The number of nitrogens with one attached hydrogen (secondary N) is 1. The molecular weight excluding hydrogens is 496 g/mol. The molecule has 0 aliphatic rings. The summed E-state index contributed by atoms with van der Waals surface area (Å²) in [6, 6.07) is 18.8. The molecule has 186 valence electrons. The first-order valence-corrected chi connectivity index (χ1v) is 13.3. The first-order valence-electron chi connectivity index (χ1n) is 11.0. The number of ether oxygens (including phenoxy) is 2. The Labute approximate surface area is 214 Å². The minimum Gasteiger partial charge on any atom is -0.497 e. The number of hydrogen-bond acceptors (Lipinski definition) is 8. The summed E-state index contributed by atoms with van der Waals surface area (Å²) in [5, 5.41) is 3.37. The third-order valence-corrected chi connectivity index (χ3v) is 8.93. The van der Waals surface area contributed by atoms with Gasteiger partial charge in [0, 0.05) is 5.56 Å². The van der Waals surface area contributed by atoms with Gasteiger partial charge in [-0.2, -0.15) is 0 Å². The number of carbonyl (C=O) groups excluding carboxylic acids is 1. The lowest BCUT2D eigenvalue weighted by Gasteiger charge is -2.13. The van der Waals surface area contributed by atoms with Crippen molar-refractivity contribution < 1.29 is 22.7 Å². The van der Waals surface area contributed by atoms with E-state index >= 15 is 0 Å². The maximum atomic E-state index is 13.9. The lowest BCUT2D eigenvalue weighted by molar-refractivity contribution is 0.104. The number of nitrogens with two attached hydrogens (primary N) is 1. The molecule has 1 heterocycles. The van der Waals surface area contributed by atoms with E-state index in [-0.39, 0.29) is 25.4 Å². The van der Waals surface area contributed by atoms with Crippen LogP contribution in [0, 0.1) is 13.8 Å². The maximum Gasteiger partial charge on any atom is 0.211 e. The average molecular weight is 523 g/mol. The topological polar surface area (TPSA) is 108 Å². The number of aryl methyl sites for hydroxylation is 2. The lowest BCUT2D eigenvalue weighted by atomic mass is 10.1. The van der Waals surface area contributed by atoms with Crippen LogP contribution in [-0.2, 0) is 9.84 Å². The molecule has 0 bridgehead atoms. The minimum absolute atomic E-state index is 0.106. The van der Waals surface area contributed by atoms with Gasteiger partial charge in [-0.05, 0) is 49.7 Å². The molecule has 0 spiro atoms. The molecule has 36 heavy (non-hydrogen) atoms. The van der Waals surface area contributed by atoms with Gasteiger partial charge in [-0.15, -0.1) is 11.3 Å². The molecule has 3 aromatic carbocycles. The Morgan fingerprint density at radius 1 is 0.944 bits per heavy atom. The molecule has 0 fully saturated rings. The van der Waals surface area contributed by atoms with Crippen molar-refractivity contribution in [3.8, 4) is 11.5 Å². The van der Waals surface area contributed by atoms with Crippen LogP contribution in [0.3, 0.4) is 0 Å². The standard InChI is InChI=1S/C27H26N2O5S2/c1-16-12-13-22(17(2)14-16)36(31,32)26-23(28)25(24(30)18-8-7-9-19(15-18)33-3)35-27(26)29-20-10-5-6-11-21(20)34-4/h5-15,29H,28H2,1-4H3. The van der Waals surface area contributed by atoms with Crippen LogP contribution in [0.15, 0.2) is 76.5 Å². The van der Waals surface area contributed by atoms with E-state index in [1.807, 2.05) is 6.92 Å². The first kappa shape index (κ1) is 25.3. The van der Waals surface area contributed by atoms with Gasteiger partial charge in [0.25, 0.3) is 0 Å². The summed E-state index contributed by atoms with van der Waals surface area (Å²) in [5.74, 6) is 0.619. The van der Waals surface area contributed by atoms with Gasteiger partial charge in [0.1, 0.15) is 26.3 Å². The highest BCUT2D eigenvalue weighted by Crippen LogP contribution is 2.45. The maximum absolute atomic E-state index is 13.9. The van der Waals surface area contributed by atoms with E-state index in [1.54, 1.807) is 73.7 Å². The molecule has 0 aliphatic heterocycles. The van der Waals surface area contributed by atoms with Crippen LogP contribution in [0.25, 0.3) is 0 Å². The van der Waals surface area contributed by atoms with Crippen molar-refractivity contribution in [3.05, 3.63) is 88.3 Å². The van der Waals surface area contributed by atoms with E-state index in [0.717, 1.165) is 16.9 Å². The Hall–Kier alpha value is -3.82. The highest BCUT2D eigenvalue weighted by Gasteiger charge is 2.33. The number of benzene rings is 3. The zero-order valence-electron chi connectivity index (χ0n) is 20.3. The Morgan fingerprint density at radius 3 is 2.39 bits per heavy atom. The Morgan fingerprint density at radius 2 is 1.69 bits per heavy atom. The van der Waals surface area contributed by atoms with Crippen LogP contribution < -0.4 is 20.5 Å². The van der Waals surface area contributed by atoms with E-state index in [4.69, 9.17) is 15.2 Å². The first-order chi connectivity index (χ1) is 17.2. The predicted octanol–water partition coefficient (Wildman–Crippen LogP) is 5.77. The highest BCUT2D eigenvalue weighted by molar-refractivity contribution is 7.92. The molecule has 3 N–H and O–H groups in total. The second kappa shape index (κ2) is 10.0. The summed E-state index contributed by atoms with van der Waals surface area (Å²) in [6.07, 6.45) is 0. The van der Waals surface area contributed by atoms with Gasteiger partial charge in [0.2, 0.25) is 15.6 Å². The normalized spacial score (nSPS) is 11.2. The van der Waals surface area contributed by atoms with Crippen LogP contribution in [-0.4, -0.2) is 28.4 Å². The number of para-hydroxylation sites is 2. The number of anilines is 3. The summed E-state index contributed by atoms with van der Waals surface area (Å²) in [6.45, 7) is 3.63. The molecule has 0 atom stereocenters. The lowest BCUT2D eigenvalue weighted by Crippen LogP contribution is -2.10. The number of ketones is 1. The molecule has 9 heteroatoms. The molecule has 1 aromatic heterocycles. The molecule has 0 radical (unpaired) electrons. The van der Waals surface area contributed by atoms with Gasteiger partial charge >= 0.3 is 0 Å². The zero-order valence-corrected chi connectivity index (χ0v) is 21.9. The number of hydrogen-bond donors (Lipinski definition) is 2. The number of sulfone groups is 1. The van der Waals surface area contributed by atoms with E-state index < -0.39 is 15.6 Å². The molecule has 0 unspecified atom stereocenters. The fourth-order valence-corrected chi connectivity index (χ4v) is 7.07. The van der Waals surface area contributed by atoms with Crippen LogP contribution in [0.4, 0.5) is 16.4 Å². The smallest absolute Gasteiger partial charge is 0.211 e. The summed E-state index contributed by atoms with van der Waals surface area (Å²) in [4.78, 5) is 13.6. The van der Waals surface area contributed by atoms with Crippen molar-refractivity contribution in [2.45, 2.75) is 23.6 Å². The van der Waals surface area contributed by atoms with E-state index in [1.165, 1.54) is 14.2 Å². The monoisotopic (exact) mass is 522 g/mol. The minimum atomic E-state index is -4.09. The van der Waals surface area contributed by atoms with Crippen LogP contribution in [0.2, 0.25) is 0 Å². The molecule has 4 rings (SSSR count). The molecule has 0 saturated carbocycles. The van der Waals surface area contributed by atoms with Gasteiger partial charge < -0.3 is 20.5 Å². The molecule has 7 nitrogen and oxygen atoms in total. The summed E-state index contributed by atoms with van der Waals surface area (Å²) in [5.41, 5.74) is 8.74. The van der Waals surface area contributed by atoms with Gasteiger partial charge in [-0.1, -0.05) is 42.0 Å². The summed E-state index contributed by atoms with van der Waals surface area (Å²) < 4.78 is 38.6. The van der Waals surface area contributed by atoms with Gasteiger partial charge in [0.05, 0.1) is 30.5 Å². The average Bonchev–Trinajstić information content (AvgIpc) is 3.19. The molecular formula is C27H26N2O5S2. The van der Waals surface area contributed by atoms with Crippen molar-refractivity contribution in [2.75, 3.05) is 25.3 Å². The van der Waals surface area contributed by atoms with Crippen LogP contribution in [0.1, 0.15) is 26.4 Å². The SMILES string of the molecule is COc1cccc(C(=O)c2sc(Nc3ccccc3OC)c(S(=O)(=O)c3ccc(C)cc3C)c2N)c1. The van der Waals surface area contributed by atoms with E-state index in [2.05, 4.69) is 5.32 Å². The van der Waals surface area contributed by atoms with Gasteiger partial charge in [-0.25, -0.2) is 8.42 Å². The second-order valence-electron chi connectivity index (χ2n) is 8.16. The Kier molecular flexibility index (Phi) is 7.05. The third kappa shape index (κ3) is 4.67. The number of methoxy groups -OCH3 is 2. The van der Waals surface area contributed by atoms with Gasteiger partial charge in [0.15, 0.2) is 0 Å². The Bertz CT molecular complexity index is 1560. The third-order valence-electron chi connectivity index (χ3n) is 5.68. The predicted molar refractivity (Wildman–Crippen MR) is 143 cm³/mol. The molecule has 0 saturated heterocycles. The molecule has 0 aliphatic carbocycles. The van der Waals surface area contributed by atoms with E-state index in [9.17, 15) is 13.2 Å². The van der Waals surface area contributed by atoms with Crippen molar-refractivity contribution in [1.29, 1.82) is 0 Å². The van der Waals surface area contributed by atoms with Crippen molar-refractivity contribution in [1.82, 2.24) is 0 Å². The zero-order chi connectivity index (χ0) is 26.0. The van der Waals surface area contributed by atoms with Crippen molar-refractivity contribution in [3.63, 3.8) is 0 Å². The summed E-state index contributed by atoms with van der Waals surface area (Å²) in [7, 11) is -1.06. The van der Waals surface area contributed by atoms with Gasteiger partial charge in [-0.3, -0.25) is 4.79 Å². The largest absolute Gasteiger partial charge is 0.497 e. The number of rotatable bonds is 8. The molecule has 0 amide bonds. The summed E-state index contributed by atoms with van der Waals surface area (Å²) >= 11 is 0.986. The highest BCUT2D eigenvalue weighted by atomic mass is 32.2. The second-order valence-corrected chi connectivity index (χ2v) is 11.0.